The van der Waals surface area contributed by atoms with Gasteiger partial charge in [0.05, 0.1) is 7.11 Å². The highest BCUT2D eigenvalue weighted by molar-refractivity contribution is 5.64. The summed E-state index contributed by atoms with van der Waals surface area (Å²) in [7, 11) is 1.68. The van der Waals surface area contributed by atoms with E-state index in [1.807, 2.05) is 18.2 Å². The minimum atomic E-state index is 0.872. The molecule has 0 fully saturated rings. The lowest BCUT2D eigenvalue weighted by Crippen LogP contribution is -1.86. The molecular formula is C16H17O. The van der Waals surface area contributed by atoms with E-state index in [1.54, 1.807) is 7.11 Å². The summed E-state index contributed by atoms with van der Waals surface area (Å²) in [6.45, 7) is 2.20. The summed E-state index contributed by atoms with van der Waals surface area (Å²) in [6.07, 6.45) is 2.33. The molecule has 0 atom stereocenters. The molecule has 0 saturated carbocycles. The molecule has 0 spiro atoms. The van der Waals surface area contributed by atoms with Crippen molar-refractivity contribution in [2.24, 2.45) is 0 Å². The maximum absolute atomic E-state index is 5.22. The zero-order valence-corrected chi connectivity index (χ0v) is 10.4. The zero-order valence-electron chi connectivity index (χ0n) is 10.4. The Morgan fingerprint density at radius 1 is 1.12 bits per heavy atom. The molecule has 0 heterocycles. The Bertz CT molecular complexity index is 471. The van der Waals surface area contributed by atoms with Gasteiger partial charge in [-0.1, -0.05) is 43.7 Å². The molecule has 0 aromatic heterocycles. The van der Waals surface area contributed by atoms with E-state index in [9.17, 15) is 0 Å². The first-order chi connectivity index (χ1) is 8.33. The van der Waals surface area contributed by atoms with Gasteiger partial charge in [-0.2, -0.15) is 0 Å². The molecule has 87 valence electrons. The van der Waals surface area contributed by atoms with Gasteiger partial charge in [0.1, 0.15) is 5.75 Å². The lowest BCUT2D eigenvalue weighted by Gasteiger charge is -2.05. The van der Waals surface area contributed by atoms with E-state index in [1.165, 1.54) is 17.5 Å². The Kier molecular flexibility index (Phi) is 3.81. The van der Waals surface area contributed by atoms with Gasteiger partial charge >= 0.3 is 0 Å². The highest BCUT2D eigenvalue weighted by atomic mass is 16.5. The number of hydrogen-bond acceptors (Lipinski definition) is 1. The minimum Gasteiger partial charge on any atom is -0.497 e. The van der Waals surface area contributed by atoms with E-state index >= 15 is 0 Å². The second-order valence-electron chi connectivity index (χ2n) is 4.09. The van der Waals surface area contributed by atoms with Crippen molar-refractivity contribution < 1.29 is 4.74 Å². The van der Waals surface area contributed by atoms with Crippen LogP contribution in [-0.4, -0.2) is 7.11 Å². The summed E-state index contributed by atoms with van der Waals surface area (Å²) in [5, 5.41) is 0. The van der Waals surface area contributed by atoms with Crippen molar-refractivity contribution in [3.05, 3.63) is 54.1 Å². The Labute approximate surface area is 103 Å². The van der Waals surface area contributed by atoms with Crippen LogP contribution in [0.3, 0.4) is 0 Å². The maximum Gasteiger partial charge on any atom is 0.119 e. The van der Waals surface area contributed by atoms with Gasteiger partial charge in [0.15, 0.2) is 0 Å². The number of rotatable bonds is 4. The van der Waals surface area contributed by atoms with E-state index in [4.69, 9.17) is 4.74 Å². The van der Waals surface area contributed by atoms with E-state index in [0.29, 0.717) is 0 Å². The molecule has 1 heteroatoms. The molecule has 0 amide bonds. The van der Waals surface area contributed by atoms with Crippen LogP contribution < -0.4 is 4.74 Å². The molecule has 2 aromatic carbocycles. The maximum atomic E-state index is 5.22. The Hall–Kier alpha value is -1.76. The first-order valence-corrected chi connectivity index (χ1v) is 5.98. The molecule has 17 heavy (non-hydrogen) atoms. The second kappa shape index (κ2) is 5.53. The molecule has 0 aliphatic heterocycles. The quantitative estimate of drug-likeness (QED) is 0.760. The highest BCUT2D eigenvalue weighted by Crippen LogP contribution is 2.23. The summed E-state index contributed by atoms with van der Waals surface area (Å²) in [5.74, 6) is 0.872. The molecule has 0 N–H and O–H groups in total. The normalized spacial score (nSPS) is 10.2. The van der Waals surface area contributed by atoms with Crippen LogP contribution in [0.2, 0.25) is 0 Å². The lowest BCUT2D eigenvalue weighted by atomic mass is 10.0. The lowest BCUT2D eigenvalue weighted by molar-refractivity contribution is 0.415. The molecule has 0 aliphatic carbocycles. The topological polar surface area (TPSA) is 9.23 Å². The second-order valence-corrected chi connectivity index (χ2v) is 4.09. The fourth-order valence-corrected chi connectivity index (χ4v) is 1.88. The highest BCUT2D eigenvalue weighted by Gasteiger charge is 2.00. The third-order valence-electron chi connectivity index (χ3n) is 2.81. The van der Waals surface area contributed by atoms with Crippen molar-refractivity contribution in [1.82, 2.24) is 0 Å². The van der Waals surface area contributed by atoms with Crippen LogP contribution >= 0.6 is 0 Å². The van der Waals surface area contributed by atoms with Crippen molar-refractivity contribution in [3.8, 4) is 16.9 Å². The standard InChI is InChI=1S/C16H17O/c1-3-5-13-8-10-14(11-9-13)15-6-4-7-16(12-15)17-2/h4,7-12H,3,5H2,1-2H3. The van der Waals surface area contributed by atoms with Crippen molar-refractivity contribution in [1.29, 1.82) is 0 Å². The van der Waals surface area contributed by atoms with E-state index < -0.39 is 0 Å². The number of methoxy groups -OCH3 is 1. The van der Waals surface area contributed by atoms with Gasteiger partial charge in [-0.15, -0.1) is 0 Å². The van der Waals surface area contributed by atoms with Crippen LogP contribution in [0.4, 0.5) is 0 Å². The Morgan fingerprint density at radius 2 is 1.88 bits per heavy atom. The fourth-order valence-electron chi connectivity index (χ4n) is 1.88. The molecule has 1 nitrogen and oxygen atoms in total. The summed E-state index contributed by atoms with van der Waals surface area (Å²) < 4.78 is 5.22. The van der Waals surface area contributed by atoms with Gasteiger partial charge in [-0.05, 0) is 41.3 Å². The van der Waals surface area contributed by atoms with Crippen LogP contribution in [0, 0.1) is 6.07 Å². The SMILES string of the molecule is CCCc1ccc(-c2[c]ccc(OC)c2)cc1. The third kappa shape index (κ3) is 2.88. The summed E-state index contributed by atoms with van der Waals surface area (Å²) in [5.41, 5.74) is 3.65. The Balaban J connectivity index is 2.26. The van der Waals surface area contributed by atoms with Crippen molar-refractivity contribution >= 4 is 0 Å². The van der Waals surface area contributed by atoms with Crippen LogP contribution in [0.1, 0.15) is 18.9 Å². The number of ether oxygens (including phenoxy) is 1. The summed E-state index contributed by atoms with van der Waals surface area (Å²) in [6, 6.07) is 17.7. The number of benzene rings is 2. The number of aryl methyl sites for hydroxylation is 1. The first kappa shape index (κ1) is 11.7. The average molecular weight is 225 g/mol. The molecule has 0 unspecified atom stereocenters. The van der Waals surface area contributed by atoms with Gasteiger partial charge in [-0.3, -0.25) is 0 Å². The predicted octanol–water partition coefficient (Wildman–Crippen LogP) is 4.11. The van der Waals surface area contributed by atoms with Gasteiger partial charge in [0, 0.05) is 0 Å². The largest absolute Gasteiger partial charge is 0.497 e. The molecule has 0 saturated heterocycles. The molecule has 0 bridgehead atoms. The van der Waals surface area contributed by atoms with Crippen LogP contribution in [0.5, 0.6) is 5.75 Å². The first-order valence-electron chi connectivity index (χ1n) is 5.98. The average Bonchev–Trinajstić information content (AvgIpc) is 2.40. The van der Waals surface area contributed by atoms with Crippen LogP contribution in [0.25, 0.3) is 11.1 Å². The van der Waals surface area contributed by atoms with Crippen LogP contribution in [-0.2, 0) is 6.42 Å². The molecular weight excluding hydrogens is 208 g/mol. The Morgan fingerprint density at radius 3 is 2.53 bits per heavy atom. The fraction of sp³-hybridized carbons (Fsp3) is 0.250. The summed E-state index contributed by atoms with van der Waals surface area (Å²) >= 11 is 0. The molecule has 2 aromatic rings. The summed E-state index contributed by atoms with van der Waals surface area (Å²) in [4.78, 5) is 0. The van der Waals surface area contributed by atoms with Crippen molar-refractivity contribution in [2.45, 2.75) is 19.8 Å². The molecule has 0 aliphatic rings. The minimum absolute atomic E-state index is 0.872. The zero-order chi connectivity index (χ0) is 12.1. The predicted molar refractivity (Wildman–Crippen MR) is 71.3 cm³/mol. The van der Waals surface area contributed by atoms with Gasteiger partial charge in [-0.25, -0.2) is 0 Å². The smallest absolute Gasteiger partial charge is 0.119 e. The third-order valence-corrected chi connectivity index (χ3v) is 2.81. The molecule has 1 radical (unpaired) electrons. The van der Waals surface area contributed by atoms with Crippen LogP contribution in [0.15, 0.2) is 42.5 Å². The van der Waals surface area contributed by atoms with Crippen molar-refractivity contribution in [2.75, 3.05) is 7.11 Å². The van der Waals surface area contributed by atoms with Gasteiger partial charge in [0.25, 0.3) is 0 Å². The van der Waals surface area contributed by atoms with E-state index in [0.717, 1.165) is 17.7 Å². The number of hydrogen-bond donors (Lipinski definition) is 0. The monoisotopic (exact) mass is 225 g/mol. The van der Waals surface area contributed by atoms with E-state index in [2.05, 4.69) is 37.3 Å². The van der Waals surface area contributed by atoms with Gasteiger partial charge < -0.3 is 4.74 Å². The van der Waals surface area contributed by atoms with Crippen molar-refractivity contribution in [3.63, 3.8) is 0 Å². The van der Waals surface area contributed by atoms with Gasteiger partial charge in [0.2, 0.25) is 0 Å². The van der Waals surface area contributed by atoms with E-state index in [-0.39, 0.29) is 0 Å². The molecule has 2 rings (SSSR count).